The first-order valence-electron chi connectivity index (χ1n) is 5.05. The highest BCUT2D eigenvalue weighted by atomic mass is 16.3. The minimum Gasteiger partial charge on any atom is -0.384 e. The van der Waals surface area contributed by atoms with Gasteiger partial charge in [-0.05, 0) is 33.6 Å². The minimum atomic E-state index is -0.832. The van der Waals surface area contributed by atoms with E-state index in [1.807, 2.05) is 13.0 Å². The fourth-order valence-electron chi connectivity index (χ4n) is 1.11. The number of rotatable bonds is 5. The van der Waals surface area contributed by atoms with Gasteiger partial charge in [0.25, 0.3) is 0 Å². The van der Waals surface area contributed by atoms with Crippen LogP contribution in [0, 0.1) is 11.3 Å². The third-order valence-corrected chi connectivity index (χ3v) is 2.03. The van der Waals surface area contributed by atoms with Crippen molar-refractivity contribution >= 4 is 0 Å². The molecule has 0 saturated heterocycles. The molecule has 0 radical (unpaired) electrons. The molecule has 0 aliphatic rings. The molecule has 0 aromatic carbocycles. The smallest absolute Gasteiger partial charge is 0.107 e. The Morgan fingerprint density at radius 3 is 2.53 bits per heavy atom. The van der Waals surface area contributed by atoms with Crippen molar-refractivity contribution in [2.24, 2.45) is 0 Å². The van der Waals surface area contributed by atoms with Gasteiger partial charge < -0.3 is 5.11 Å². The van der Waals surface area contributed by atoms with Crippen molar-refractivity contribution in [3.63, 3.8) is 0 Å². The van der Waals surface area contributed by atoms with Crippen molar-refractivity contribution in [1.82, 2.24) is 0 Å². The molecule has 1 N–H and O–H groups in total. The summed E-state index contributed by atoms with van der Waals surface area (Å²) < 4.78 is 0. The van der Waals surface area contributed by atoms with Gasteiger partial charge in [-0.1, -0.05) is 29.9 Å². The van der Waals surface area contributed by atoms with Crippen LogP contribution in [0.1, 0.15) is 33.6 Å². The number of nitrogens with zero attached hydrogens (tertiary/aromatic N) is 1. The Labute approximate surface area is 92.2 Å². The van der Waals surface area contributed by atoms with Gasteiger partial charge in [-0.3, -0.25) is 0 Å². The van der Waals surface area contributed by atoms with E-state index in [2.05, 4.69) is 26.5 Å². The number of allylic oxidation sites excluding steroid dienone is 3. The fraction of sp³-hybridized carbons (Fsp3) is 0.462. The van der Waals surface area contributed by atoms with Crippen LogP contribution in [-0.4, -0.2) is 11.2 Å². The van der Waals surface area contributed by atoms with Gasteiger partial charge in [-0.2, -0.15) is 5.26 Å². The Morgan fingerprint density at radius 1 is 1.47 bits per heavy atom. The summed E-state index contributed by atoms with van der Waals surface area (Å²) in [6, 6.07) is 1.84. The van der Waals surface area contributed by atoms with Crippen LogP contribution in [0.2, 0.25) is 0 Å². The molecule has 1 atom stereocenters. The normalized spacial score (nSPS) is 12.9. The molecule has 0 spiro atoms. The monoisotopic (exact) mass is 205 g/mol. The Morgan fingerprint density at radius 2 is 2.07 bits per heavy atom. The standard InChI is InChI=1S/C13H19NO/c1-10(2)6-5-7-11(3)8-13(15)12(4)9-14/h6,8,13,15H,4-5,7H2,1-3H3/b11-8+. The summed E-state index contributed by atoms with van der Waals surface area (Å²) in [4.78, 5) is 0. The lowest BCUT2D eigenvalue weighted by Crippen LogP contribution is -2.04. The highest BCUT2D eigenvalue weighted by Crippen LogP contribution is 2.10. The van der Waals surface area contributed by atoms with E-state index in [9.17, 15) is 5.11 Å². The maximum atomic E-state index is 9.48. The Bertz CT molecular complexity index is 314. The van der Waals surface area contributed by atoms with Gasteiger partial charge in [0, 0.05) is 0 Å². The lowest BCUT2D eigenvalue weighted by molar-refractivity contribution is 0.263. The Hall–Kier alpha value is -1.33. The van der Waals surface area contributed by atoms with Crippen LogP contribution in [0.4, 0.5) is 0 Å². The topological polar surface area (TPSA) is 44.0 Å². The van der Waals surface area contributed by atoms with Crippen molar-refractivity contribution in [3.8, 4) is 6.07 Å². The molecule has 0 saturated carbocycles. The molecule has 0 fully saturated rings. The number of nitriles is 1. The first-order valence-corrected chi connectivity index (χ1v) is 5.05. The van der Waals surface area contributed by atoms with Crippen molar-refractivity contribution in [2.75, 3.05) is 0 Å². The molecular weight excluding hydrogens is 186 g/mol. The summed E-state index contributed by atoms with van der Waals surface area (Å²) in [7, 11) is 0. The van der Waals surface area contributed by atoms with Gasteiger partial charge in [0.1, 0.15) is 6.10 Å². The second-order valence-electron chi connectivity index (χ2n) is 3.92. The van der Waals surface area contributed by atoms with E-state index < -0.39 is 6.10 Å². The summed E-state index contributed by atoms with van der Waals surface area (Å²) in [5.41, 5.74) is 2.57. The molecule has 0 rings (SSSR count). The average molecular weight is 205 g/mol. The van der Waals surface area contributed by atoms with Gasteiger partial charge in [0.05, 0.1) is 11.6 Å². The molecule has 15 heavy (non-hydrogen) atoms. The second kappa shape index (κ2) is 7.03. The summed E-state index contributed by atoms with van der Waals surface area (Å²) >= 11 is 0. The molecule has 0 aromatic rings. The summed E-state index contributed by atoms with van der Waals surface area (Å²) in [5.74, 6) is 0. The predicted molar refractivity (Wildman–Crippen MR) is 63.2 cm³/mol. The van der Waals surface area contributed by atoms with Crippen LogP contribution in [0.5, 0.6) is 0 Å². The highest BCUT2D eigenvalue weighted by Gasteiger charge is 2.04. The zero-order valence-corrected chi connectivity index (χ0v) is 9.75. The lowest BCUT2D eigenvalue weighted by Gasteiger charge is -2.04. The van der Waals surface area contributed by atoms with Crippen molar-refractivity contribution in [1.29, 1.82) is 5.26 Å². The van der Waals surface area contributed by atoms with Crippen LogP contribution >= 0.6 is 0 Å². The molecule has 1 unspecified atom stereocenters. The molecule has 0 aromatic heterocycles. The van der Waals surface area contributed by atoms with E-state index in [1.165, 1.54) is 5.57 Å². The summed E-state index contributed by atoms with van der Waals surface area (Å²) in [6.07, 6.45) is 4.88. The first-order chi connectivity index (χ1) is 6.97. The van der Waals surface area contributed by atoms with Crippen molar-refractivity contribution in [2.45, 2.75) is 39.7 Å². The molecule has 0 amide bonds. The SMILES string of the molecule is C=C(C#N)C(O)/C=C(\C)CCC=C(C)C. The van der Waals surface area contributed by atoms with Gasteiger partial charge in [0.15, 0.2) is 0 Å². The molecule has 0 aliphatic carbocycles. The molecule has 2 heteroatoms. The maximum Gasteiger partial charge on any atom is 0.107 e. The van der Waals surface area contributed by atoms with Gasteiger partial charge in [-0.25, -0.2) is 0 Å². The largest absolute Gasteiger partial charge is 0.384 e. The fourth-order valence-corrected chi connectivity index (χ4v) is 1.11. The van der Waals surface area contributed by atoms with Crippen molar-refractivity contribution in [3.05, 3.63) is 35.5 Å². The van der Waals surface area contributed by atoms with Crippen LogP contribution in [0.3, 0.4) is 0 Å². The Balaban J connectivity index is 4.16. The average Bonchev–Trinajstić information content (AvgIpc) is 2.15. The first kappa shape index (κ1) is 13.7. The minimum absolute atomic E-state index is 0.191. The summed E-state index contributed by atoms with van der Waals surface area (Å²) in [6.45, 7) is 9.54. The second-order valence-corrected chi connectivity index (χ2v) is 3.92. The molecule has 2 nitrogen and oxygen atoms in total. The van der Waals surface area contributed by atoms with Crippen LogP contribution in [0.25, 0.3) is 0 Å². The Kier molecular flexibility index (Phi) is 6.40. The van der Waals surface area contributed by atoms with E-state index >= 15 is 0 Å². The van der Waals surface area contributed by atoms with Crippen LogP contribution < -0.4 is 0 Å². The lowest BCUT2D eigenvalue weighted by atomic mass is 10.1. The number of hydrogen-bond acceptors (Lipinski definition) is 2. The third kappa shape index (κ3) is 6.70. The zero-order chi connectivity index (χ0) is 11.8. The third-order valence-electron chi connectivity index (χ3n) is 2.03. The molecule has 0 aliphatic heterocycles. The number of hydrogen-bond donors (Lipinski definition) is 1. The predicted octanol–water partition coefficient (Wildman–Crippen LogP) is 3.12. The van der Waals surface area contributed by atoms with E-state index in [-0.39, 0.29) is 5.57 Å². The molecular formula is C13H19NO. The van der Waals surface area contributed by atoms with E-state index in [4.69, 9.17) is 5.26 Å². The van der Waals surface area contributed by atoms with E-state index in [0.717, 1.165) is 18.4 Å². The van der Waals surface area contributed by atoms with Gasteiger partial charge in [0.2, 0.25) is 0 Å². The van der Waals surface area contributed by atoms with Crippen LogP contribution in [0.15, 0.2) is 35.5 Å². The van der Waals surface area contributed by atoms with E-state index in [0.29, 0.717) is 0 Å². The molecule has 82 valence electrons. The number of aliphatic hydroxyl groups excluding tert-OH is 1. The highest BCUT2D eigenvalue weighted by molar-refractivity contribution is 5.26. The van der Waals surface area contributed by atoms with Crippen molar-refractivity contribution < 1.29 is 5.11 Å². The number of aliphatic hydroxyl groups is 1. The van der Waals surface area contributed by atoms with Gasteiger partial charge >= 0.3 is 0 Å². The quantitative estimate of drug-likeness (QED) is 0.553. The van der Waals surface area contributed by atoms with E-state index in [1.54, 1.807) is 6.08 Å². The molecule has 0 bridgehead atoms. The van der Waals surface area contributed by atoms with Gasteiger partial charge in [-0.15, -0.1) is 0 Å². The molecule has 0 heterocycles. The maximum absolute atomic E-state index is 9.48. The summed E-state index contributed by atoms with van der Waals surface area (Å²) in [5, 5.41) is 18.0. The zero-order valence-electron chi connectivity index (χ0n) is 9.75. The van der Waals surface area contributed by atoms with Crippen LogP contribution in [-0.2, 0) is 0 Å².